The van der Waals surface area contributed by atoms with Gasteiger partial charge in [0, 0.05) is 0 Å². The summed E-state index contributed by atoms with van der Waals surface area (Å²) in [6.07, 6.45) is 3.11. The van der Waals surface area contributed by atoms with E-state index in [1.165, 1.54) is 0 Å². The van der Waals surface area contributed by atoms with Gasteiger partial charge in [-0.3, -0.25) is 4.79 Å². The Morgan fingerprint density at radius 2 is 2.21 bits per heavy atom. The smallest absolute Gasteiger partial charge is 0.252 e. The molecule has 0 aromatic rings. The molecule has 3 nitrogen and oxygen atoms in total. The van der Waals surface area contributed by atoms with Crippen molar-refractivity contribution in [1.29, 1.82) is 0 Å². The van der Waals surface area contributed by atoms with E-state index in [4.69, 9.17) is 12.2 Å². The first-order chi connectivity index (χ1) is 6.54. The minimum atomic E-state index is -0.399. The third kappa shape index (κ3) is 1.32. The fourth-order valence-electron chi connectivity index (χ4n) is 2.67. The van der Waals surface area contributed by atoms with Crippen LogP contribution in [0.15, 0.2) is 0 Å². The SMILES string of the molecule is CC1CCC2(NC(=S)NC2=O)C(C)C1. The first-order valence-corrected chi connectivity index (χ1v) is 5.59. The van der Waals surface area contributed by atoms with Gasteiger partial charge >= 0.3 is 0 Å². The lowest BCUT2D eigenvalue weighted by molar-refractivity contribution is -0.127. The number of hydrogen-bond donors (Lipinski definition) is 2. The Morgan fingerprint density at radius 3 is 2.71 bits per heavy atom. The number of thiocarbonyl (C=S) groups is 1. The quantitative estimate of drug-likeness (QED) is 0.593. The summed E-state index contributed by atoms with van der Waals surface area (Å²) >= 11 is 4.99. The first kappa shape index (κ1) is 9.90. The number of nitrogens with one attached hydrogen (secondary N) is 2. The van der Waals surface area contributed by atoms with Gasteiger partial charge in [0.15, 0.2) is 5.11 Å². The highest BCUT2D eigenvalue weighted by Gasteiger charge is 2.50. The Morgan fingerprint density at radius 1 is 1.50 bits per heavy atom. The molecule has 2 N–H and O–H groups in total. The number of rotatable bonds is 0. The van der Waals surface area contributed by atoms with Crippen LogP contribution in [0, 0.1) is 11.8 Å². The molecule has 0 bridgehead atoms. The van der Waals surface area contributed by atoms with E-state index in [9.17, 15) is 4.79 Å². The molecule has 2 rings (SSSR count). The van der Waals surface area contributed by atoms with Crippen molar-refractivity contribution in [3.63, 3.8) is 0 Å². The van der Waals surface area contributed by atoms with Gasteiger partial charge in [0.1, 0.15) is 5.54 Å². The molecule has 3 unspecified atom stereocenters. The van der Waals surface area contributed by atoms with Crippen molar-refractivity contribution < 1.29 is 4.79 Å². The summed E-state index contributed by atoms with van der Waals surface area (Å²) in [7, 11) is 0. The largest absolute Gasteiger partial charge is 0.348 e. The number of carbonyl (C=O) groups is 1. The van der Waals surface area contributed by atoms with Gasteiger partial charge in [-0.05, 0) is 43.3 Å². The lowest BCUT2D eigenvalue weighted by atomic mass is 9.70. The minimum absolute atomic E-state index is 0.0712. The van der Waals surface area contributed by atoms with Gasteiger partial charge in [-0.15, -0.1) is 0 Å². The van der Waals surface area contributed by atoms with Crippen molar-refractivity contribution >= 4 is 23.2 Å². The molecular formula is C10H16N2OS. The van der Waals surface area contributed by atoms with Crippen LogP contribution in [0.25, 0.3) is 0 Å². The van der Waals surface area contributed by atoms with Crippen LogP contribution in [0.4, 0.5) is 0 Å². The molecule has 0 radical (unpaired) electrons. The molecule has 1 heterocycles. The second-order valence-electron chi connectivity index (χ2n) is 4.66. The molecule has 1 aliphatic carbocycles. The zero-order valence-electron chi connectivity index (χ0n) is 8.59. The average molecular weight is 212 g/mol. The van der Waals surface area contributed by atoms with E-state index in [0.717, 1.165) is 25.2 Å². The summed E-state index contributed by atoms with van der Waals surface area (Å²) in [5.74, 6) is 1.16. The Balaban J connectivity index is 2.23. The van der Waals surface area contributed by atoms with Crippen LogP contribution < -0.4 is 10.6 Å². The lowest BCUT2D eigenvalue weighted by Crippen LogP contribution is -2.54. The maximum atomic E-state index is 11.8. The highest BCUT2D eigenvalue weighted by atomic mass is 32.1. The van der Waals surface area contributed by atoms with E-state index in [2.05, 4.69) is 24.5 Å². The molecule has 0 aromatic heterocycles. The molecule has 14 heavy (non-hydrogen) atoms. The van der Waals surface area contributed by atoms with Crippen molar-refractivity contribution in [2.75, 3.05) is 0 Å². The third-order valence-electron chi connectivity index (χ3n) is 3.60. The maximum absolute atomic E-state index is 11.8. The Kier molecular flexibility index (Phi) is 2.26. The summed E-state index contributed by atoms with van der Waals surface area (Å²) < 4.78 is 0. The van der Waals surface area contributed by atoms with Gasteiger partial charge in [-0.2, -0.15) is 0 Å². The van der Waals surface area contributed by atoms with Crippen molar-refractivity contribution in [2.45, 2.75) is 38.6 Å². The third-order valence-corrected chi connectivity index (χ3v) is 3.80. The van der Waals surface area contributed by atoms with E-state index in [1.807, 2.05) is 0 Å². The van der Waals surface area contributed by atoms with Crippen LogP contribution in [0.3, 0.4) is 0 Å². The monoisotopic (exact) mass is 212 g/mol. The van der Waals surface area contributed by atoms with E-state index < -0.39 is 5.54 Å². The molecule has 78 valence electrons. The van der Waals surface area contributed by atoms with Crippen LogP contribution in [0.1, 0.15) is 33.1 Å². The summed E-state index contributed by atoms with van der Waals surface area (Å²) in [6.45, 7) is 4.38. The molecule has 3 atom stereocenters. The van der Waals surface area contributed by atoms with Crippen molar-refractivity contribution in [3.8, 4) is 0 Å². The van der Waals surface area contributed by atoms with E-state index in [-0.39, 0.29) is 5.91 Å². The number of amides is 1. The zero-order valence-corrected chi connectivity index (χ0v) is 9.41. The van der Waals surface area contributed by atoms with Crippen LogP contribution in [0.2, 0.25) is 0 Å². The minimum Gasteiger partial charge on any atom is -0.348 e. The van der Waals surface area contributed by atoms with Crippen LogP contribution in [0.5, 0.6) is 0 Å². The predicted octanol–water partition coefficient (Wildman–Crippen LogP) is 1.19. The lowest BCUT2D eigenvalue weighted by Gasteiger charge is -2.39. The number of carbonyl (C=O) groups excluding carboxylic acids is 1. The molecular weight excluding hydrogens is 196 g/mol. The fraction of sp³-hybridized carbons (Fsp3) is 0.800. The molecule has 2 aliphatic rings. The van der Waals surface area contributed by atoms with Gasteiger partial charge in [0.25, 0.3) is 5.91 Å². The molecule has 0 aromatic carbocycles. The Hall–Kier alpha value is -0.640. The van der Waals surface area contributed by atoms with Gasteiger partial charge < -0.3 is 10.6 Å². The summed E-state index contributed by atoms with van der Waals surface area (Å²) in [5.41, 5.74) is -0.399. The predicted molar refractivity (Wildman–Crippen MR) is 58.8 cm³/mol. The van der Waals surface area contributed by atoms with E-state index in [0.29, 0.717) is 11.0 Å². The van der Waals surface area contributed by atoms with Crippen molar-refractivity contribution in [2.24, 2.45) is 11.8 Å². The summed E-state index contributed by atoms with van der Waals surface area (Å²) in [5, 5.41) is 6.36. The number of hydrogen-bond acceptors (Lipinski definition) is 2. The average Bonchev–Trinajstić information content (AvgIpc) is 2.37. The van der Waals surface area contributed by atoms with E-state index >= 15 is 0 Å². The molecule has 2 fully saturated rings. The molecule has 1 saturated heterocycles. The second kappa shape index (κ2) is 3.19. The topological polar surface area (TPSA) is 41.1 Å². The van der Waals surface area contributed by atoms with Gasteiger partial charge in [-0.25, -0.2) is 0 Å². The molecule has 1 amide bonds. The van der Waals surface area contributed by atoms with Crippen LogP contribution >= 0.6 is 12.2 Å². The van der Waals surface area contributed by atoms with Gasteiger partial charge in [0.05, 0.1) is 0 Å². The van der Waals surface area contributed by atoms with Gasteiger partial charge in [-0.1, -0.05) is 13.8 Å². The molecule has 4 heteroatoms. The summed E-state index contributed by atoms with van der Waals surface area (Å²) in [4.78, 5) is 11.8. The highest BCUT2D eigenvalue weighted by molar-refractivity contribution is 7.80. The second-order valence-corrected chi connectivity index (χ2v) is 5.07. The van der Waals surface area contributed by atoms with Crippen molar-refractivity contribution in [1.82, 2.24) is 10.6 Å². The Bertz CT molecular complexity index is 292. The fourth-order valence-corrected chi connectivity index (χ4v) is 2.95. The molecule has 1 spiro atoms. The zero-order chi connectivity index (χ0) is 10.3. The van der Waals surface area contributed by atoms with Crippen molar-refractivity contribution in [3.05, 3.63) is 0 Å². The van der Waals surface area contributed by atoms with E-state index in [1.54, 1.807) is 0 Å². The highest BCUT2D eigenvalue weighted by Crippen LogP contribution is 2.38. The first-order valence-electron chi connectivity index (χ1n) is 5.18. The molecule has 1 saturated carbocycles. The van der Waals surface area contributed by atoms with Crippen LogP contribution in [-0.4, -0.2) is 16.6 Å². The standard InChI is InChI=1S/C10H16N2OS/c1-6-3-4-10(7(2)5-6)8(13)11-9(14)12-10/h6-7H,3-5H2,1-2H3,(H2,11,12,13,14). The Labute approximate surface area is 89.6 Å². The maximum Gasteiger partial charge on any atom is 0.252 e. The van der Waals surface area contributed by atoms with Crippen LogP contribution in [-0.2, 0) is 4.79 Å². The summed E-state index contributed by atoms with van der Waals surface area (Å²) in [6, 6.07) is 0. The normalized spacial score (nSPS) is 42.4. The molecule has 1 aliphatic heterocycles. The van der Waals surface area contributed by atoms with Gasteiger partial charge in [0.2, 0.25) is 0 Å².